The molecule has 0 atom stereocenters. The van der Waals surface area contributed by atoms with Gasteiger partial charge in [-0.2, -0.15) is 16.9 Å². The summed E-state index contributed by atoms with van der Waals surface area (Å²) < 4.78 is 1.54. The lowest BCUT2D eigenvalue weighted by Gasteiger charge is -2.25. The van der Waals surface area contributed by atoms with Gasteiger partial charge < -0.3 is 11.1 Å². The summed E-state index contributed by atoms with van der Waals surface area (Å²) in [7, 11) is 0. The van der Waals surface area contributed by atoms with Crippen LogP contribution in [-0.2, 0) is 11.3 Å². The van der Waals surface area contributed by atoms with Gasteiger partial charge in [-0.3, -0.25) is 14.4 Å². The first-order chi connectivity index (χ1) is 8.74. The molecule has 0 bridgehead atoms. The lowest BCUT2D eigenvalue weighted by atomic mass is 10.4. The summed E-state index contributed by atoms with van der Waals surface area (Å²) in [5, 5.41) is 6.87. The lowest BCUT2D eigenvalue weighted by Crippen LogP contribution is -2.40. The zero-order valence-electron chi connectivity index (χ0n) is 10.3. The molecule has 2 rings (SSSR count). The van der Waals surface area contributed by atoms with Crippen molar-refractivity contribution < 1.29 is 4.79 Å². The molecule has 0 unspecified atom stereocenters. The van der Waals surface area contributed by atoms with Crippen molar-refractivity contribution in [3.8, 4) is 0 Å². The Morgan fingerprint density at radius 2 is 2.28 bits per heavy atom. The van der Waals surface area contributed by atoms with E-state index < -0.39 is 0 Å². The third-order valence-corrected chi connectivity index (χ3v) is 3.76. The van der Waals surface area contributed by atoms with Crippen molar-refractivity contribution in [3.63, 3.8) is 0 Å². The predicted octanol–water partition coefficient (Wildman–Crippen LogP) is -0.370. The summed E-state index contributed by atoms with van der Waals surface area (Å²) in [4.78, 5) is 14.0. The van der Waals surface area contributed by atoms with E-state index in [0.29, 0.717) is 12.4 Å². The summed E-state index contributed by atoms with van der Waals surface area (Å²) in [6.45, 7) is 4.09. The van der Waals surface area contributed by atoms with Gasteiger partial charge in [0.2, 0.25) is 5.91 Å². The summed E-state index contributed by atoms with van der Waals surface area (Å²) in [5.41, 5.74) is 5.48. The molecule has 2 heterocycles. The monoisotopic (exact) mass is 269 g/mol. The molecule has 1 fully saturated rings. The number of anilines is 1. The van der Waals surface area contributed by atoms with E-state index in [4.69, 9.17) is 5.73 Å². The summed E-state index contributed by atoms with van der Waals surface area (Å²) >= 11 is 1.99. The third kappa shape index (κ3) is 4.23. The smallest absolute Gasteiger partial charge is 0.241 e. The van der Waals surface area contributed by atoms with E-state index in [9.17, 15) is 4.79 Å². The number of nitrogens with two attached hydrogens (primary N) is 1. The Labute approximate surface area is 111 Å². The fraction of sp³-hybridized carbons (Fsp3) is 0.636. The normalized spacial score (nSPS) is 16.7. The van der Waals surface area contributed by atoms with E-state index in [1.54, 1.807) is 16.9 Å². The molecule has 1 saturated heterocycles. The van der Waals surface area contributed by atoms with E-state index in [2.05, 4.69) is 15.3 Å². The van der Waals surface area contributed by atoms with Gasteiger partial charge in [-0.15, -0.1) is 0 Å². The van der Waals surface area contributed by atoms with Crippen LogP contribution in [0.5, 0.6) is 0 Å². The second-order valence-electron chi connectivity index (χ2n) is 4.24. The first-order valence-corrected chi connectivity index (χ1v) is 7.25. The van der Waals surface area contributed by atoms with Gasteiger partial charge in [0.15, 0.2) is 0 Å². The van der Waals surface area contributed by atoms with E-state index in [0.717, 1.165) is 19.6 Å². The Morgan fingerprint density at radius 1 is 1.50 bits per heavy atom. The van der Waals surface area contributed by atoms with Crippen LogP contribution in [-0.4, -0.2) is 58.3 Å². The number of rotatable bonds is 5. The minimum absolute atomic E-state index is 0.0236. The van der Waals surface area contributed by atoms with Crippen LogP contribution >= 0.6 is 11.8 Å². The topological polar surface area (TPSA) is 76.2 Å². The van der Waals surface area contributed by atoms with Gasteiger partial charge >= 0.3 is 0 Å². The Balaban J connectivity index is 1.62. The summed E-state index contributed by atoms with van der Waals surface area (Å²) in [6.07, 6.45) is 1.71. The highest BCUT2D eigenvalue weighted by Crippen LogP contribution is 2.07. The quantitative estimate of drug-likeness (QED) is 0.763. The zero-order valence-corrected chi connectivity index (χ0v) is 11.2. The number of nitrogens with zero attached hydrogens (tertiary/aromatic N) is 3. The molecule has 1 aliphatic rings. The molecule has 100 valence electrons. The maximum atomic E-state index is 11.6. The molecule has 0 radical (unpaired) electrons. The van der Waals surface area contributed by atoms with Crippen LogP contribution < -0.4 is 11.1 Å². The molecular weight excluding hydrogens is 250 g/mol. The van der Waals surface area contributed by atoms with Gasteiger partial charge in [0.1, 0.15) is 12.4 Å². The van der Waals surface area contributed by atoms with Crippen molar-refractivity contribution in [2.45, 2.75) is 6.54 Å². The van der Waals surface area contributed by atoms with Crippen LogP contribution in [0.3, 0.4) is 0 Å². The number of nitrogen functional groups attached to an aromatic ring is 1. The molecule has 1 amide bonds. The van der Waals surface area contributed by atoms with Crippen LogP contribution in [0.2, 0.25) is 0 Å². The van der Waals surface area contributed by atoms with Gasteiger partial charge in [0, 0.05) is 43.9 Å². The van der Waals surface area contributed by atoms with Crippen LogP contribution in [0.15, 0.2) is 12.3 Å². The highest BCUT2D eigenvalue weighted by Gasteiger charge is 2.10. The SMILES string of the molecule is Nc1ccn(CC(=O)NCCN2CCSCC2)n1. The molecule has 0 aliphatic carbocycles. The molecule has 18 heavy (non-hydrogen) atoms. The van der Waals surface area contributed by atoms with Crippen LogP contribution in [0.4, 0.5) is 5.82 Å². The van der Waals surface area contributed by atoms with Crippen molar-refractivity contribution in [1.82, 2.24) is 20.0 Å². The predicted molar refractivity (Wildman–Crippen MR) is 73.4 cm³/mol. The number of aromatic nitrogens is 2. The minimum Gasteiger partial charge on any atom is -0.382 e. The van der Waals surface area contributed by atoms with Crippen molar-refractivity contribution in [1.29, 1.82) is 0 Å². The van der Waals surface area contributed by atoms with Crippen molar-refractivity contribution in [2.24, 2.45) is 0 Å². The van der Waals surface area contributed by atoms with Crippen molar-refractivity contribution in [2.75, 3.05) is 43.4 Å². The molecule has 6 nitrogen and oxygen atoms in total. The maximum absolute atomic E-state index is 11.6. The standard InChI is InChI=1S/C11H19N5OS/c12-10-1-3-16(14-10)9-11(17)13-2-4-15-5-7-18-8-6-15/h1,3H,2,4-9H2,(H2,12,14)(H,13,17). The average Bonchev–Trinajstić information content (AvgIpc) is 2.76. The van der Waals surface area contributed by atoms with Gasteiger partial charge in [0.05, 0.1) is 0 Å². The average molecular weight is 269 g/mol. The molecule has 0 spiro atoms. The minimum atomic E-state index is -0.0236. The Kier molecular flexibility index (Phi) is 4.89. The Hall–Kier alpha value is -1.21. The molecule has 0 aromatic carbocycles. The largest absolute Gasteiger partial charge is 0.382 e. The fourth-order valence-electron chi connectivity index (χ4n) is 1.85. The number of carbonyl (C=O) groups is 1. The molecular formula is C11H19N5OS. The van der Waals surface area contributed by atoms with E-state index in [1.807, 2.05) is 11.8 Å². The van der Waals surface area contributed by atoms with E-state index >= 15 is 0 Å². The number of amides is 1. The van der Waals surface area contributed by atoms with Crippen LogP contribution in [0.25, 0.3) is 0 Å². The Bertz CT molecular complexity index is 389. The van der Waals surface area contributed by atoms with Crippen LogP contribution in [0.1, 0.15) is 0 Å². The number of hydrogen-bond donors (Lipinski definition) is 2. The van der Waals surface area contributed by atoms with Gasteiger partial charge in [0.25, 0.3) is 0 Å². The second kappa shape index (κ2) is 6.65. The molecule has 7 heteroatoms. The first kappa shape index (κ1) is 13.2. The number of carbonyl (C=O) groups excluding carboxylic acids is 1. The molecule has 1 aromatic rings. The van der Waals surface area contributed by atoms with Crippen molar-refractivity contribution in [3.05, 3.63) is 12.3 Å². The third-order valence-electron chi connectivity index (χ3n) is 2.82. The van der Waals surface area contributed by atoms with Crippen LogP contribution in [0, 0.1) is 0 Å². The fourth-order valence-corrected chi connectivity index (χ4v) is 2.83. The number of hydrogen-bond acceptors (Lipinski definition) is 5. The van der Waals surface area contributed by atoms with Gasteiger partial charge in [-0.05, 0) is 6.07 Å². The maximum Gasteiger partial charge on any atom is 0.241 e. The molecule has 1 aromatic heterocycles. The van der Waals surface area contributed by atoms with E-state index in [1.165, 1.54) is 11.5 Å². The highest BCUT2D eigenvalue weighted by atomic mass is 32.2. The number of nitrogens with one attached hydrogen (secondary N) is 1. The van der Waals surface area contributed by atoms with Gasteiger partial charge in [-0.1, -0.05) is 0 Å². The molecule has 1 aliphatic heterocycles. The summed E-state index contributed by atoms with van der Waals surface area (Å²) in [5.74, 6) is 2.80. The van der Waals surface area contributed by atoms with Crippen molar-refractivity contribution >= 4 is 23.5 Å². The summed E-state index contributed by atoms with van der Waals surface area (Å²) in [6, 6.07) is 1.68. The second-order valence-corrected chi connectivity index (χ2v) is 5.47. The highest BCUT2D eigenvalue weighted by molar-refractivity contribution is 7.99. The molecule has 0 saturated carbocycles. The lowest BCUT2D eigenvalue weighted by molar-refractivity contribution is -0.121. The first-order valence-electron chi connectivity index (χ1n) is 6.10. The zero-order chi connectivity index (χ0) is 12.8. The van der Waals surface area contributed by atoms with E-state index in [-0.39, 0.29) is 12.5 Å². The Morgan fingerprint density at radius 3 is 2.94 bits per heavy atom. The molecule has 3 N–H and O–H groups in total. The number of thioether (sulfide) groups is 1. The van der Waals surface area contributed by atoms with Gasteiger partial charge in [-0.25, -0.2) is 0 Å².